The number of alkyl halides is 5. The van der Waals surface area contributed by atoms with Gasteiger partial charge in [0.25, 0.3) is 0 Å². The molecule has 2 atom stereocenters. The lowest BCUT2D eigenvalue weighted by atomic mass is 9.85. The maximum atomic E-state index is 13.3. The number of rotatable bonds is 7. The van der Waals surface area contributed by atoms with Crippen molar-refractivity contribution < 1.29 is 41.0 Å². The van der Waals surface area contributed by atoms with Gasteiger partial charge >= 0.3 is 18.8 Å². The van der Waals surface area contributed by atoms with Gasteiger partial charge in [0.1, 0.15) is 17.8 Å². The van der Waals surface area contributed by atoms with Crippen LogP contribution in [0, 0.1) is 5.41 Å². The summed E-state index contributed by atoms with van der Waals surface area (Å²) >= 11 is 0. The van der Waals surface area contributed by atoms with Crippen LogP contribution in [0.4, 0.5) is 26.7 Å². The molecule has 39 heavy (non-hydrogen) atoms. The Kier molecular flexibility index (Phi) is 8.75. The molecule has 1 N–H and O–H groups in total. The highest BCUT2D eigenvalue weighted by Gasteiger charge is 2.40. The third-order valence-electron chi connectivity index (χ3n) is 6.09. The van der Waals surface area contributed by atoms with Crippen molar-refractivity contribution in [2.75, 3.05) is 19.7 Å². The first kappa shape index (κ1) is 30.1. The summed E-state index contributed by atoms with van der Waals surface area (Å²) in [7, 11) is 0. The molecule has 0 spiro atoms. The third kappa shape index (κ3) is 7.79. The van der Waals surface area contributed by atoms with E-state index in [9.17, 15) is 31.5 Å². The molecule has 0 saturated carbocycles. The summed E-state index contributed by atoms with van der Waals surface area (Å²) in [6.45, 7) is 5.15. The van der Waals surface area contributed by atoms with Crippen LogP contribution in [-0.2, 0) is 15.7 Å². The Morgan fingerprint density at radius 3 is 2.46 bits per heavy atom. The summed E-state index contributed by atoms with van der Waals surface area (Å²) < 4.78 is 77.4. The van der Waals surface area contributed by atoms with Crippen LogP contribution in [0.1, 0.15) is 64.6 Å². The van der Waals surface area contributed by atoms with Gasteiger partial charge in [-0.15, -0.1) is 0 Å². The van der Waals surface area contributed by atoms with E-state index in [1.807, 2.05) is 0 Å². The molecule has 0 aliphatic carbocycles. The largest absolute Gasteiger partial charge is 0.476 e. The second kappa shape index (κ2) is 11.3. The first-order valence-electron chi connectivity index (χ1n) is 12.2. The standard InChI is InChI=1S/C25H32F5N5O4/c1-23(2,3)39-22(37)34-10-8-18(16(13-34)15-11-32-35(12-15)21(26)27)33-20(36)24(4,5)14-38-19-17(25(28,29)30)7-6-9-31-19/h6-7,9,11-12,16,18,21H,8,10,13-14H2,1-5H3,(H,33,36). The predicted molar refractivity (Wildman–Crippen MR) is 129 cm³/mol. The van der Waals surface area contributed by atoms with Crippen molar-refractivity contribution in [1.29, 1.82) is 0 Å². The van der Waals surface area contributed by atoms with E-state index in [-0.39, 0.29) is 19.5 Å². The van der Waals surface area contributed by atoms with Crippen LogP contribution in [0.15, 0.2) is 30.7 Å². The van der Waals surface area contributed by atoms with E-state index in [4.69, 9.17) is 9.47 Å². The van der Waals surface area contributed by atoms with Gasteiger partial charge in [0.15, 0.2) is 0 Å². The van der Waals surface area contributed by atoms with Crippen molar-refractivity contribution in [3.8, 4) is 5.88 Å². The molecule has 216 valence electrons. The van der Waals surface area contributed by atoms with Crippen LogP contribution >= 0.6 is 0 Å². The lowest BCUT2D eigenvalue weighted by Crippen LogP contribution is -2.54. The molecular formula is C25H32F5N5O4. The zero-order valence-corrected chi connectivity index (χ0v) is 22.3. The maximum Gasteiger partial charge on any atom is 0.421 e. The van der Waals surface area contributed by atoms with Gasteiger partial charge in [0.05, 0.1) is 11.6 Å². The van der Waals surface area contributed by atoms with Crippen LogP contribution in [0.2, 0.25) is 0 Å². The number of carbonyl (C=O) groups is 2. The molecule has 3 heterocycles. The quantitative estimate of drug-likeness (QED) is 0.478. The smallest absolute Gasteiger partial charge is 0.421 e. The molecule has 1 fully saturated rings. The zero-order chi connectivity index (χ0) is 29.2. The van der Waals surface area contributed by atoms with Gasteiger partial charge in [-0.2, -0.15) is 27.1 Å². The van der Waals surface area contributed by atoms with Gasteiger partial charge in [0.2, 0.25) is 11.8 Å². The number of nitrogens with one attached hydrogen (secondary N) is 1. The fourth-order valence-corrected chi connectivity index (χ4v) is 4.01. The van der Waals surface area contributed by atoms with Gasteiger partial charge in [-0.05, 0) is 58.7 Å². The zero-order valence-electron chi connectivity index (χ0n) is 22.3. The monoisotopic (exact) mass is 561 g/mol. The SMILES string of the molecule is CC(C)(C)OC(=O)N1CCC(NC(=O)C(C)(C)COc2ncccc2C(F)(F)F)C(c2cnn(C(F)F)c2)C1. The summed E-state index contributed by atoms with van der Waals surface area (Å²) in [5.41, 5.74) is -2.72. The Bertz CT molecular complexity index is 1160. The molecule has 2 aromatic rings. The molecular weight excluding hydrogens is 529 g/mol. The highest BCUT2D eigenvalue weighted by molar-refractivity contribution is 5.82. The van der Waals surface area contributed by atoms with Crippen molar-refractivity contribution in [2.24, 2.45) is 5.41 Å². The Morgan fingerprint density at radius 1 is 1.18 bits per heavy atom. The highest BCUT2D eigenvalue weighted by atomic mass is 19.4. The number of aromatic nitrogens is 3. The molecule has 1 aliphatic heterocycles. The first-order valence-corrected chi connectivity index (χ1v) is 12.2. The van der Waals surface area contributed by atoms with E-state index in [0.717, 1.165) is 24.5 Å². The molecule has 1 aliphatic rings. The van der Waals surface area contributed by atoms with Crippen molar-refractivity contribution in [3.63, 3.8) is 0 Å². The number of likely N-dealkylation sites (tertiary alicyclic amines) is 1. The van der Waals surface area contributed by atoms with Crippen LogP contribution < -0.4 is 10.1 Å². The first-order chi connectivity index (χ1) is 18.0. The Hall–Kier alpha value is -3.45. The number of halogens is 5. The fourth-order valence-electron chi connectivity index (χ4n) is 4.01. The molecule has 2 unspecified atom stereocenters. The molecule has 2 aromatic heterocycles. The summed E-state index contributed by atoms with van der Waals surface area (Å²) in [6.07, 6.45) is -1.44. The predicted octanol–water partition coefficient (Wildman–Crippen LogP) is 5.01. The summed E-state index contributed by atoms with van der Waals surface area (Å²) in [5, 5.41) is 6.54. The molecule has 2 amide bonds. The number of nitrogens with zero attached hydrogens (tertiary/aromatic N) is 4. The van der Waals surface area contributed by atoms with Crippen molar-refractivity contribution in [1.82, 2.24) is 25.0 Å². The van der Waals surface area contributed by atoms with E-state index < -0.39 is 65.8 Å². The van der Waals surface area contributed by atoms with Crippen molar-refractivity contribution in [3.05, 3.63) is 41.9 Å². The average molecular weight is 562 g/mol. The number of piperidine rings is 1. The molecule has 1 saturated heterocycles. The minimum atomic E-state index is -4.69. The summed E-state index contributed by atoms with van der Waals surface area (Å²) in [5.74, 6) is -1.78. The van der Waals surface area contributed by atoms with Crippen LogP contribution in [-0.4, -0.2) is 63.0 Å². The van der Waals surface area contributed by atoms with Crippen molar-refractivity contribution >= 4 is 12.0 Å². The molecule has 9 nitrogen and oxygen atoms in total. The highest BCUT2D eigenvalue weighted by Crippen LogP contribution is 2.35. The van der Waals surface area contributed by atoms with E-state index in [1.54, 1.807) is 20.8 Å². The van der Waals surface area contributed by atoms with E-state index in [0.29, 0.717) is 10.2 Å². The van der Waals surface area contributed by atoms with E-state index in [2.05, 4.69) is 15.4 Å². The van der Waals surface area contributed by atoms with Gasteiger partial charge < -0.3 is 19.7 Å². The lowest BCUT2D eigenvalue weighted by Gasteiger charge is -2.40. The normalized spacial score (nSPS) is 18.7. The molecule has 0 radical (unpaired) electrons. The topological polar surface area (TPSA) is 98.6 Å². The number of hydrogen-bond donors (Lipinski definition) is 1. The number of amides is 2. The van der Waals surface area contributed by atoms with Gasteiger partial charge in [-0.25, -0.2) is 14.5 Å². The van der Waals surface area contributed by atoms with Gasteiger partial charge in [0, 0.05) is 37.4 Å². The number of carbonyl (C=O) groups excluding carboxylic acids is 2. The summed E-state index contributed by atoms with van der Waals surface area (Å²) in [6, 6.07) is 1.37. The van der Waals surface area contributed by atoms with Crippen LogP contribution in [0.5, 0.6) is 5.88 Å². The number of ether oxygens (including phenoxy) is 2. The third-order valence-corrected chi connectivity index (χ3v) is 6.09. The number of hydrogen-bond acceptors (Lipinski definition) is 6. The lowest BCUT2D eigenvalue weighted by molar-refractivity contribution is -0.139. The second-order valence-electron chi connectivity index (χ2n) is 11.0. The Labute approximate surface area is 222 Å². The summed E-state index contributed by atoms with van der Waals surface area (Å²) in [4.78, 5) is 31.0. The molecule has 14 heteroatoms. The fraction of sp³-hybridized carbons (Fsp3) is 0.600. The molecule has 0 bridgehead atoms. The van der Waals surface area contributed by atoms with Crippen LogP contribution in [0.3, 0.4) is 0 Å². The number of pyridine rings is 1. The van der Waals surface area contributed by atoms with E-state index in [1.165, 1.54) is 24.9 Å². The van der Waals surface area contributed by atoms with Gasteiger partial charge in [-0.1, -0.05) is 0 Å². The van der Waals surface area contributed by atoms with Gasteiger partial charge in [-0.3, -0.25) is 4.79 Å². The second-order valence-corrected chi connectivity index (χ2v) is 11.0. The van der Waals surface area contributed by atoms with E-state index >= 15 is 0 Å². The minimum Gasteiger partial charge on any atom is -0.476 e. The molecule has 0 aromatic carbocycles. The Morgan fingerprint density at radius 2 is 1.87 bits per heavy atom. The Balaban J connectivity index is 1.76. The average Bonchev–Trinajstić information content (AvgIpc) is 3.32. The molecule has 3 rings (SSSR count). The van der Waals surface area contributed by atoms with Crippen molar-refractivity contribution in [2.45, 2.75) is 71.3 Å². The van der Waals surface area contributed by atoms with Crippen LogP contribution in [0.25, 0.3) is 0 Å². The maximum absolute atomic E-state index is 13.3. The minimum absolute atomic E-state index is 0.0641.